The van der Waals surface area contributed by atoms with Crippen LogP contribution in [0.3, 0.4) is 0 Å². The van der Waals surface area contributed by atoms with Gasteiger partial charge in [-0.1, -0.05) is 26.0 Å². The van der Waals surface area contributed by atoms with Crippen molar-refractivity contribution in [3.63, 3.8) is 0 Å². The zero-order valence-corrected chi connectivity index (χ0v) is 16.9. The highest BCUT2D eigenvalue weighted by Crippen LogP contribution is 2.33. The molecule has 0 spiro atoms. The van der Waals surface area contributed by atoms with E-state index < -0.39 is 27.6 Å². The minimum Gasteiger partial charge on any atom is -0.459 e. The van der Waals surface area contributed by atoms with Crippen molar-refractivity contribution in [1.82, 2.24) is 4.90 Å². The lowest BCUT2D eigenvalue weighted by molar-refractivity contribution is -0.138. The van der Waals surface area contributed by atoms with Crippen molar-refractivity contribution in [3.05, 3.63) is 47.7 Å². The highest BCUT2D eigenvalue weighted by Gasteiger charge is 2.36. The molecule has 3 rings (SSSR count). The van der Waals surface area contributed by atoms with Crippen LogP contribution in [0, 0.1) is 5.92 Å². The van der Waals surface area contributed by atoms with Gasteiger partial charge in [0, 0.05) is 17.5 Å². The van der Waals surface area contributed by atoms with E-state index in [9.17, 15) is 26.4 Å². The van der Waals surface area contributed by atoms with Crippen LogP contribution >= 0.6 is 0 Å². The number of sulfone groups is 1. The number of hydrogen-bond donors (Lipinski definition) is 0. The number of furan rings is 1. The van der Waals surface area contributed by atoms with Crippen molar-refractivity contribution in [2.24, 2.45) is 5.92 Å². The lowest BCUT2D eigenvalue weighted by Crippen LogP contribution is -2.42. The topological polar surface area (TPSA) is 67.6 Å². The normalized spacial score (nSPS) is 18.9. The Hall–Kier alpha value is -2.29. The molecule has 0 bridgehead atoms. The highest BCUT2D eigenvalue weighted by molar-refractivity contribution is 7.91. The smallest absolute Gasteiger partial charge is 0.416 e. The summed E-state index contributed by atoms with van der Waals surface area (Å²) in [5, 5.41) is 0. The number of nitrogens with zero attached hydrogens (tertiary/aromatic N) is 1. The fourth-order valence-corrected chi connectivity index (χ4v) is 5.11. The third-order valence-electron chi connectivity index (χ3n) is 4.89. The number of rotatable bonds is 5. The minimum absolute atomic E-state index is 0.0349. The number of amides is 1. The van der Waals surface area contributed by atoms with Crippen molar-refractivity contribution in [3.8, 4) is 11.3 Å². The Bertz CT molecular complexity index is 995. The molecular weight excluding hydrogens is 407 g/mol. The molecular formula is C20H22F3NO4S. The van der Waals surface area contributed by atoms with Gasteiger partial charge in [0.05, 0.1) is 23.6 Å². The molecule has 0 radical (unpaired) electrons. The van der Waals surface area contributed by atoms with Gasteiger partial charge in [0.2, 0.25) is 5.91 Å². The molecule has 0 aliphatic carbocycles. The first-order valence-corrected chi connectivity index (χ1v) is 11.1. The van der Waals surface area contributed by atoms with Crippen LogP contribution in [-0.4, -0.2) is 36.8 Å². The van der Waals surface area contributed by atoms with Crippen molar-refractivity contribution in [1.29, 1.82) is 0 Å². The highest BCUT2D eigenvalue weighted by atomic mass is 32.2. The van der Waals surface area contributed by atoms with Crippen LogP contribution in [0.2, 0.25) is 0 Å². The number of carbonyl (C=O) groups is 1. The summed E-state index contributed by atoms with van der Waals surface area (Å²) in [5.41, 5.74) is -0.503. The van der Waals surface area contributed by atoms with Crippen LogP contribution < -0.4 is 0 Å². The van der Waals surface area contributed by atoms with Gasteiger partial charge in [-0.2, -0.15) is 13.2 Å². The van der Waals surface area contributed by atoms with E-state index in [1.165, 1.54) is 17.0 Å². The summed E-state index contributed by atoms with van der Waals surface area (Å²) in [6.07, 6.45) is -4.10. The maximum absolute atomic E-state index is 12.9. The molecule has 1 aliphatic heterocycles. The van der Waals surface area contributed by atoms with Gasteiger partial charge in [0.25, 0.3) is 0 Å². The molecule has 158 valence electrons. The van der Waals surface area contributed by atoms with Gasteiger partial charge in [-0.3, -0.25) is 4.79 Å². The van der Waals surface area contributed by atoms with Crippen LogP contribution in [0.5, 0.6) is 0 Å². The largest absolute Gasteiger partial charge is 0.459 e. The molecule has 29 heavy (non-hydrogen) atoms. The summed E-state index contributed by atoms with van der Waals surface area (Å²) in [4.78, 5) is 14.1. The number of hydrogen-bond acceptors (Lipinski definition) is 4. The molecule has 0 unspecified atom stereocenters. The van der Waals surface area contributed by atoms with E-state index in [2.05, 4.69) is 0 Å². The van der Waals surface area contributed by atoms with E-state index >= 15 is 0 Å². The summed E-state index contributed by atoms with van der Waals surface area (Å²) < 4.78 is 68.2. The second kappa shape index (κ2) is 7.85. The molecule has 1 fully saturated rings. The van der Waals surface area contributed by atoms with Crippen molar-refractivity contribution in [2.45, 2.75) is 39.0 Å². The predicted molar refractivity (Wildman–Crippen MR) is 102 cm³/mol. The third-order valence-corrected chi connectivity index (χ3v) is 6.64. The van der Waals surface area contributed by atoms with Gasteiger partial charge < -0.3 is 9.32 Å². The predicted octanol–water partition coefficient (Wildman–Crippen LogP) is 4.14. The average Bonchev–Trinajstić information content (AvgIpc) is 3.24. The first kappa shape index (κ1) is 21.4. The first-order valence-electron chi connectivity index (χ1n) is 9.23. The molecule has 0 saturated carbocycles. The molecule has 1 atom stereocenters. The van der Waals surface area contributed by atoms with Crippen LogP contribution in [-0.2, 0) is 27.4 Å². The molecule has 1 aliphatic rings. The molecule has 9 heteroatoms. The van der Waals surface area contributed by atoms with Crippen LogP contribution in [0.4, 0.5) is 13.2 Å². The summed E-state index contributed by atoms with van der Waals surface area (Å²) in [6, 6.07) is 7.52. The molecule has 2 heterocycles. The van der Waals surface area contributed by atoms with Crippen LogP contribution in [0.1, 0.15) is 31.6 Å². The fourth-order valence-electron chi connectivity index (χ4n) is 3.37. The molecule has 0 N–H and O–H groups in total. The van der Waals surface area contributed by atoms with E-state index in [0.29, 0.717) is 12.2 Å². The van der Waals surface area contributed by atoms with E-state index in [0.717, 1.165) is 12.1 Å². The Balaban J connectivity index is 1.84. The van der Waals surface area contributed by atoms with Gasteiger partial charge in [-0.25, -0.2) is 8.42 Å². The minimum atomic E-state index is -4.46. The maximum atomic E-state index is 12.9. The average molecular weight is 429 g/mol. The van der Waals surface area contributed by atoms with Gasteiger partial charge in [-0.05, 0) is 30.7 Å². The summed E-state index contributed by atoms with van der Waals surface area (Å²) in [6.45, 7) is 3.53. The molecule has 1 aromatic carbocycles. The maximum Gasteiger partial charge on any atom is 0.416 e. The van der Waals surface area contributed by atoms with Gasteiger partial charge in [-0.15, -0.1) is 0 Å². The Labute approximate surface area is 167 Å². The second-order valence-corrected chi connectivity index (χ2v) is 9.75. The Morgan fingerprint density at radius 2 is 1.97 bits per heavy atom. The van der Waals surface area contributed by atoms with Crippen LogP contribution in [0.25, 0.3) is 11.3 Å². The van der Waals surface area contributed by atoms with E-state index in [1.807, 2.05) is 0 Å². The zero-order chi connectivity index (χ0) is 21.4. The second-order valence-electron chi connectivity index (χ2n) is 7.52. The third kappa shape index (κ3) is 5.01. The number of carbonyl (C=O) groups excluding carboxylic acids is 1. The SMILES string of the molecule is CC(C)C(=O)N(Cc1ccc(-c2cccc(C(F)(F)F)c2)o1)[C@H]1CCS(=O)(=O)C1. The monoisotopic (exact) mass is 429 g/mol. The number of halogens is 3. The lowest BCUT2D eigenvalue weighted by Gasteiger charge is -2.29. The van der Waals surface area contributed by atoms with Crippen molar-refractivity contribution in [2.75, 3.05) is 11.5 Å². The van der Waals surface area contributed by atoms with E-state index in [-0.39, 0.29) is 41.2 Å². The Kier molecular flexibility index (Phi) is 5.80. The Morgan fingerprint density at radius 1 is 1.24 bits per heavy atom. The van der Waals surface area contributed by atoms with E-state index in [4.69, 9.17) is 4.42 Å². The quantitative estimate of drug-likeness (QED) is 0.717. The molecule has 1 saturated heterocycles. The molecule has 1 amide bonds. The summed E-state index contributed by atoms with van der Waals surface area (Å²) in [5.74, 6) is 0.0675. The first-order chi connectivity index (χ1) is 13.5. The Morgan fingerprint density at radius 3 is 2.55 bits per heavy atom. The molecule has 1 aromatic heterocycles. The fraction of sp³-hybridized carbons (Fsp3) is 0.450. The van der Waals surface area contributed by atoms with Gasteiger partial charge in [0.1, 0.15) is 11.5 Å². The van der Waals surface area contributed by atoms with Crippen molar-refractivity contribution < 1.29 is 30.8 Å². The number of benzene rings is 1. The van der Waals surface area contributed by atoms with Crippen LogP contribution in [0.15, 0.2) is 40.8 Å². The molecule has 2 aromatic rings. The van der Waals surface area contributed by atoms with E-state index in [1.54, 1.807) is 26.0 Å². The van der Waals surface area contributed by atoms with Crippen molar-refractivity contribution >= 4 is 15.7 Å². The summed E-state index contributed by atoms with van der Waals surface area (Å²) >= 11 is 0. The van der Waals surface area contributed by atoms with Gasteiger partial charge in [0.15, 0.2) is 9.84 Å². The lowest BCUT2D eigenvalue weighted by atomic mass is 10.1. The number of alkyl halides is 3. The van der Waals surface area contributed by atoms with Gasteiger partial charge >= 0.3 is 6.18 Å². The summed E-state index contributed by atoms with van der Waals surface area (Å²) in [7, 11) is -3.18. The molecule has 5 nitrogen and oxygen atoms in total. The standard InChI is InChI=1S/C20H22F3NO4S/c1-13(2)19(25)24(16-8-9-29(26,27)12-16)11-17-6-7-18(28-17)14-4-3-5-15(10-14)20(21,22)23/h3-7,10,13,16H,8-9,11-12H2,1-2H3/t16-/m0/s1. The zero-order valence-electron chi connectivity index (χ0n) is 16.1.